The molecular formula is C28H34FN7O. The van der Waals surface area contributed by atoms with Gasteiger partial charge < -0.3 is 30.6 Å². The summed E-state index contributed by atoms with van der Waals surface area (Å²) in [6.45, 7) is 5.44. The van der Waals surface area contributed by atoms with Crippen molar-refractivity contribution in [2.45, 2.75) is 25.8 Å². The van der Waals surface area contributed by atoms with E-state index in [4.69, 9.17) is 9.72 Å². The second-order valence-corrected chi connectivity index (χ2v) is 9.42. The van der Waals surface area contributed by atoms with Gasteiger partial charge in [0.05, 0.1) is 24.2 Å². The smallest absolute Gasteiger partial charge is 0.227 e. The number of ether oxygens (including phenoxy) is 1. The highest BCUT2D eigenvalue weighted by molar-refractivity contribution is 5.95. The zero-order chi connectivity index (χ0) is 25.8. The number of aromatic nitrogens is 3. The number of aryl methyl sites for hydroxylation is 1. The molecule has 0 atom stereocenters. The first kappa shape index (κ1) is 25.0. The summed E-state index contributed by atoms with van der Waals surface area (Å²) in [6, 6.07) is 11.8. The molecule has 1 saturated heterocycles. The number of piperidine rings is 1. The molecule has 5 rings (SSSR count). The lowest BCUT2D eigenvalue weighted by atomic mass is 10.0. The third-order valence-electron chi connectivity index (χ3n) is 6.98. The van der Waals surface area contributed by atoms with Crippen molar-refractivity contribution in [2.75, 3.05) is 50.6 Å². The number of rotatable bonds is 9. The van der Waals surface area contributed by atoms with E-state index < -0.39 is 0 Å². The van der Waals surface area contributed by atoms with Gasteiger partial charge in [-0.1, -0.05) is 18.2 Å². The Morgan fingerprint density at radius 3 is 2.76 bits per heavy atom. The molecule has 2 aromatic heterocycles. The van der Waals surface area contributed by atoms with Crippen LogP contribution in [-0.4, -0.2) is 61.3 Å². The number of aromatic amines is 1. The van der Waals surface area contributed by atoms with Crippen molar-refractivity contribution in [1.29, 1.82) is 0 Å². The monoisotopic (exact) mass is 503 g/mol. The molecule has 37 heavy (non-hydrogen) atoms. The Balaban J connectivity index is 1.35. The molecule has 4 aromatic rings. The minimum atomic E-state index is -0.297. The first-order valence-electron chi connectivity index (χ1n) is 12.7. The van der Waals surface area contributed by atoms with Crippen LogP contribution in [0.3, 0.4) is 0 Å². The Bertz CT molecular complexity index is 1360. The number of nitrogens with zero attached hydrogens (tertiary/aromatic N) is 3. The summed E-state index contributed by atoms with van der Waals surface area (Å²) in [5.74, 6) is 0.627. The number of halogens is 1. The quantitative estimate of drug-likeness (QED) is 0.248. The van der Waals surface area contributed by atoms with Gasteiger partial charge >= 0.3 is 0 Å². The minimum Gasteiger partial charge on any atom is -0.494 e. The summed E-state index contributed by atoms with van der Waals surface area (Å²) in [5, 5.41) is 11.0. The number of H-pyrrole nitrogens is 1. The van der Waals surface area contributed by atoms with Crippen LogP contribution < -0.4 is 25.6 Å². The van der Waals surface area contributed by atoms with Crippen LogP contribution in [0.4, 0.5) is 21.7 Å². The molecule has 1 aliphatic heterocycles. The molecule has 0 aliphatic carbocycles. The number of para-hydroxylation sites is 1. The number of benzene rings is 2. The summed E-state index contributed by atoms with van der Waals surface area (Å²) >= 11 is 0. The molecule has 0 spiro atoms. The first-order chi connectivity index (χ1) is 18.1. The largest absolute Gasteiger partial charge is 0.494 e. The number of anilines is 3. The molecular weight excluding hydrogens is 469 g/mol. The van der Waals surface area contributed by atoms with Gasteiger partial charge in [-0.15, -0.1) is 0 Å². The lowest BCUT2D eigenvalue weighted by Crippen LogP contribution is -2.44. The van der Waals surface area contributed by atoms with E-state index in [9.17, 15) is 0 Å². The van der Waals surface area contributed by atoms with Crippen molar-refractivity contribution < 1.29 is 9.13 Å². The summed E-state index contributed by atoms with van der Waals surface area (Å²) in [5.41, 5.74) is 4.85. The third-order valence-corrected chi connectivity index (χ3v) is 6.98. The summed E-state index contributed by atoms with van der Waals surface area (Å²) < 4.78 is 21.0. The van der Waals surface area contributed by atoms with E-state index >= 15 is 4.39 Å². The van der Waals surface area contributed by atoms with Gasteiger partial charge in [-0.25, -0.2) is 14.4 Å². The van der Waals surface area contributed by atoms with Crippen molar-refractivity contribution in [3.63, 3.8) is 0 Å². The fourth-order valence-electron chi connectivity index (χ4n) is 4.94. The van der Waals surface area contributed by atoms with Gasteiger partial charge in [0, 0.05) is 73.2 Å². The molecule has 8 nitrogen and oxygen atoms in total. The molecule has 4 N–H and O–H groups in total. The fraction of sp³-hybridized carbons (Fsp3) is 0.357. The van der Waals surface area contributed by atoms with E-state index in [1.807, 2.05) is 38.4 Å². The molecule has 0 amide bonds. The van der Waals surface area contributed by atoms with E-state index in [1.54, 1.807) is 19.4 Å². The highest BCUT2D eigenvalue weighted by Gasteiger charge is 2.23. The van der Waals surface area contributed by atoms with Crippen LogP contribution >= 0.6 is 0 Å². The predicted molar refractivity (Wildman–Crippen MR) is 147 cm³/mol. The average molecular weight is 504 g/mol. The highest BCUT2D eigenvalue weighted by Crippen LogP contribution is 2.36. The van der Waals surface area contributed by atoms with Gasteiger partial charge in [-0.3, -0.25) is 0 Å². The normalized spacial score (nSPS) is 14.3. The van der Waals surface area contributed by atoms with Crippen molar-refractivity contribution >= 4 is 28.2 Å². The maximum Gasteiger partial charge on any atom is 0.227 e. The lowest BCUT2D eigenvalue weighted by molar-refractivity contribution is 0.407. The number of hydrogen-bond donors (Lipinski definition) is 4. The van der Waals surface area contributed by atoms with Crippen LogP contribution in [0.5, 0.6) is 5.75 Å². The first-order valence-corrected chi connectivity index (χ1v) is 12.7. The zero-order valence-corrected chi connectivity index (χ0v) is 21.6. The average Bonchev–Trinajstić information content (AvgIpc) is 3.35. The van der Waals surface area contributed by atoms with Gasteiger partial charge in [0.25, 0.3) is 0 Å². The van der Waals surface area contributed by atoms with Crippen LogP contribution in [0.15, 0.2) is 48.8 Å². The van der Waals surface area contributed by atoms with Gasteiger partial charge in [0.15, 0.2) is 0 Å². The zero-order valence-electron chi connectivity index (χ0n) is 21.6. The van der Waals surface area contributed by atoms with Gasteiger partial charge in [0.1, 0.15) is 11.6 Å². The Morgan fingerprint density at radius 2 is 1.97 bits per heavy atom. The van der Waals surface area contributed by atoms with Crippen LogP contribution in [0.1, 0.15) is 18.4 Å². The van der Waals surface area contributed by atoms with E-state index in [0.717, 1.165) is 66.7 Å². The Kier molecular flexibility index (Phi) is 7.52. The maximum absolute atomic E-state index is 15.3. The summed E-state index contributed by atoms with van der Waals surface area (Å²) in [4.78, 5) is 14.6. The molecule has 0 saturated carbocycles. The van der Waals surface area contributed by atoms with E-state index in [2.05, 4.69) is 36.9 Å². The van der Waals surface area contributed by atoms with Crippen LogP contribution in [0.2, 0.25) is 0 Å². The van der Waals surface area contributed by atoms with Crippen LogP contribution in [0, 0.1) is 12.7 Å². The highest BCUT2D eigenvalue weighted by atomic mass is 19.1. The lowest BCUT2D eigenvalue weighted by Gasteiger charge is -2.34. The number of likely N-dealkylation sites (N-methyl/N-ethyl adjacent to an activating group) is 1. The Hall–Kier alpha value is -3.69. The number of fused-ring (bicyclic) bond motifs is 1. The topological polar surface area (TPSA) is 90.1 Å². The number of methoxy groups -OCH3 is 1. The van der Waals surface area contributed by atoms with Crippen molar-refractivity contribution in [2.24, 2.45) is 0 Å². The van der Waals surface area contributed by atoms with Crippen LogP contribution in [0.25, 0.3) is 22.2 Å². The molecule has 194 valence electrons. The van der Waals surface area contributed by atoms with Gasteiger partial charge in [-0.2, -0.15) is 0 Å². The number of nitrogens with one attached hydrogen (secondary N) is 4. The predicted octanol–water partition coefficient (Wildman–Crippen LogP) is 4.60. The molecule has 0 radical (unpaired) electrons. The molecule has 1 aliphatic rings. The molecule has 0 unspecified atom stereocenters. The van der Waals surface area contributed by atoms with Crippen LogP contribution in [-0.2, 0) is 0 Å². The molecule has 1 fully saturated rings. The van der Waals surface area contributed by atoms with Crippen molar-refractivity contribution in [3.05, 3.63) is 60.2 Å². The van der Waals surface area contributed by atoms with Crippen molar-refractivity contribution in [3.8, 4) is 17.0 Å². The second-order valence-electron chi connectivity index (χ2n) is 9.42. The van der Waals surface area contributed by atoms with E-state index in [1.165, 1.54) is 6.07 Å². The van der Waals surface area contributed by atoms with Gasteiger partial charge in [-0.05, 0) is 38.4 Å². The molecule has 3 heterocycles. The third kappa shape index (κ3) is 5.38. The van der Waals surface area contributed by atoms with Gasteiger partial charge in [0.2, 0.25) is 5.95 Å². The SMILES string of the molecule is CNCCNC1CCN(c2cc(OC)c(Nc3ncc(C)c(-c4c[nH]c5ccccc45)n3)cc2F)CC1. The minimum absolute atomic E-state index is 0.297. The summed E-state index contributed by atoms with van der Waals surface area (Å²) in [6.07, 6.45) is 5.68. The Labute approximate surface area is 216 Å². The second kappa shape index (κ2) is 11.1. The molecule has 9 heteroatoms. The Morgan fingerprint density at radius 1 is 1.16 bits per heavy atom. The fourth-order valence-corrected chi connectivity index (χ4v) is 4.94. The molecule has 2 aromatic carbocycles. The van der Waals surface area contributed by atoms with E-state index in [-0.39, 0.29) is 5.82 Å². The standard InChI is InChI=1S/C28H34FN7O/c1-18-16-33-28(35-27(18)21-17-32-23-7-5-4-6-20(21)23)34-24-14-22(29)25(15-26(24)37-3)36-12-8-19(9-13-36)31-11-10-30-2/h4-7,14-17,19,30-32H,8-13H2,1-3H3,(H,33,34,35). The number of hydrogen-bond acceptors (Lipinski definition) is 7. The molecule has 0 bridgehead atoms. The van der Waals surface area contributed by atoms with Crippen molar-refractivity contribution in [1.82, 2.24) is 25.6 Å². The van der Waals surface area contributed by atoms with E-state index in [0.29, 0.717) is 29.1 Å². The summed E-state index contributed by atoms with van der Waals surface area (Å²) in [7, 11) is 3.54. The maximum atomic E-state index is 15.3.